The average molecular weight is 282 g/mol. The molecular formula is C17H18N2O2. The van der Waals surface area contributed by atoms with E-state index in [0.717, 1.165) is 5.56 Å². The van der Waals surface area contributed by atoms with E-state index in [1.165, 1.54) is 0 Å². The minimum absolute atomic E-state index is 0.0927. The van der Waals surface area contributed by atoms with Gasteiger partial charge < -0.3 is 10.6 Å². The molecule has 0 saturated carbocycles. The van der Waals surface area contributed by atoms with E-state index in [1.807, 2.05) is 37.3 Å². The number of nitrogens with one attached hydrogen (secondary N) is 2. The van der Waals surface area contributed by atoms with E-state index in [9.17, 15) is 9.59 Å². The molecule has 2 N–H and O–H groups in total. The van der Waals surface area contributed by atoms with Crippen molar-refractivity contribution in [2.45, 2.75) is 19.9 Å². The van der Waals surface area contributed by atoms with Gasteiger partial charge in [0, 0.05) is 24.2 Å². The van der Waals surface area contributed by atoms with Gasteiger partial charge in [0.1, 0.15) is 0 Å². The van der Waals surface area contributed by atoms with Gasteiger partial charge in [-0.15, -0.1) is 0 Å². The first-order valence-corrected chi connectivity index (χ1v) is 6.91. The molecule has 0 aromatic heterocycles. The number of hydrogen-bond donors (Lipinski definition) is 2. The summed E-state index contributed by atoms with van der Waals surface area (Å²) in [5, 5.41) is 5.51. The van der Waals surface area contributed by atoms with Crippen LogP contribution in [0.15, 0.2) is 54.6 Å². The number of Topliss-reactive ketones (excluding diaryl/α,β-unsaturated/α-hetero) is 1. The summed E-state index contributed by atoms with van der Waals surface area (Å²) in [6.45, 7) is 2.30. The van der Waals surface area contributed by atoms with Crippen LogP contribution in [0.5, 0.6) is 0 Å². The first kappa shape index (κ1) is 14.8. The number of benzene rings is 2. The standard InChI is InChI=1S/C17H18N2O2/c1-2-16(20)14-8-10-15(11-9-14)19-17(21)18-12-13-6-4-3-5-7-13/h3-11H,2,12H2,1H3,(H2,18,19,21). The van der Waals surface area contributed by atoms with E-state index < -0.39 is 0 Å². The molecule has 0 unspecified atom stereocenters. The number of rotatable bonds is 5. The predicted molar refractivity (Wildman–Crippen MR) is 83.4 cm³/mol. The van der Waals surface area contributed by atoms with E-state index in [-0.39, 0.29) is 11.8 Å². The van der Waals surface area contributed by atoms with Crippen LogP contribution in [0.3, 0.4) is 0 Å². The van der Waals surface area contributed by atoms with Crippen LogP contribution in [0.1, 0.15) is 29.3 Å². The van der Waals surface area contributed by atoms with E-state index in [1.54, 1.807) is 24.3 Å². The zero-order chi connectivity index (χ0) is 15.1. The van der Waals surface area contributed by atoms with Crippen molar-refractivity contribution in [3.05, 3.63) is 65.7 Å². The summed E-state index contributed by atoms with van der Waals surface area (Å²) in [5.74, 6) is 0.0927. The van der Waals surface area contributed by atoms with Crippen LogP contribution in [0.25, 0.3) is 0 Å². The summed E-state index contributed by atoms with van der Waals surface area (Å²) in [6, 6.07) is 16.3. The van der Waals surface area contributed by atoms with Crippen molar-refractivity contribution in [2.75, 3.05) is 5.32 Å². The van der Waals surface area contributed by atoms with Crippen molar-refractivity contribution in [2.24, 2.45) is 0 Å². The van der Waals surface area contributed by atoms with Crippen molar-refractivity contribution in [1.82, 2.24) is 5.32 Å². The van der Waals surface area contributed by atoms with Gasteiger partial charge in [-0.05, 0) is 29.8 Å². The van der Waals surface area contributed by atoms with Gasteiger partial charge in [0.25, 0.3) is 0 Å². The van der Waals surface area contributed by atoms with E-state index >= 15 is 0 Å². The molecule has 0 heterocycles. The van der Waals surface area contributed by atoms with Crippen molar-refractivity contribution >= 4 is 17.5 Å². The Morgan fingerprint density at radius 2 is 1.62 bits per heavy atom. The Labute approximate surface area is 124 Å². The highest BCUT2D eigenvalue weighted by Crippen LogP contribution is 2.11. The third kappa shape index (κ3) is 4.45. The fourth-order valence-corrected chi connectivity index (χ4v) is 1.90. The maximum atomic E-state index is 11.8. The molecule has 0 saturated heterocycles. The molecule has 0 bridgehead atoms. The monoisotopic (exact) mass is 282 g/mol. The molecule has 4 heteroatoms. The normalized spacial score (nSPS) is 9.95. The topological polar surface area (TPSA) is 58.2 Å². The van der Waals surface area contributed by atoms with E-state index in [0.29, 0.717) is 24.2 Å². The molecule has 4 nitrogen and oxygen atoms in total. The largest absolute Gasteiger partial charge is 0.334 e. The summed E-state index contributed by atoms with van der Waals surface area (Å²) in [6.07, 6.45) is 0.477. The van der Waals surface area contributed by atoms with Gasteiger partial charge in [-0.1, -0.05) is 37.3 Å². The summed E-state index contributed by atoms with van der Waals surface area (Å²) in [5.41, 5.74) is 2.36. The number of carbonyl (C=O) groups is 2. The average Bonchev–Trinajstić information content (AvgIpc) is 2.54. The minimum atomic E-state index is -0.270. The SMILES string of the molecule is CCC(=O)c1ccc(NC(=O)NCc2ccccc2)cc1. The molecule has 0 aliphatic carbocycles. The zero-order valence-corrected chi connectivity index (χ0v) is 11.9. The van der Waals surface area contributed by atoms with Gasteiger partial charge in [0.05, 0.1) is 0 Å². The first-order chi connectivity index (χ1) is 10.2. The van der Waals surface area contributed by atoms with Gasteiger partial charge in [-0.25, -0.2) is 4.79 Å². The molecule has 0 fully saturated rings. The Bertz CT molecular complexity index is 606. The van der Waals surface area contributed by atoms with Crippen LogP contribution in [-0.2, 0) is 6.54 Å². The van der Waals surface area contributed by atoms with Crippen molar-refractivity contribution in [1.29, 1.82) is 0 Å². The highest BCUT2D eigenvalue weighted by Gasteiger charge is 2.04. The van der Waals surface area contributed by atoms with Gasteiger partial charge in [-0.2, -0.15) is 0 Å². The molecule has 0 aliphatic heterocycles. The lowest BCUT2D eigenvalue weighted by molar-refractivity contribution is 0.0988. The molecule has 0 spiro atoms. The summed E-state index contributed by atoms with van der Waals surface area (Å²) in [7, 11) is 0. The van der Waals surface area contributed by atoms with Crippen molar-refractivity contribution in [3.8, 4) is 0 Å². The van der Waals surface area contributed by atoms with Crippen LogP contribution in [0, 0.1) is 0 Å². The fourth-order valence-electron chi connectivity index (χ4n) is 1.90. The van der Waals surface area contributed by atoms with E-state index in [4.69, 9.17) is 0 Å². The van der Waals surface area contributed by atoms with Crippen molar-refractivity contribution in [3.63, 3.8) is 0 Å². The summed E-state index contributed by atoms with van der Waals surface area (Å²) in [4.78, 5) is 23.3. The van der Waals surface area contributed by atoms with Crippen LogP contribution in [0.4, 0.5) is 10.5 Å². The van der Waals surface area contributed by atoms with Crippen LogP contribution < -0.4 is 10.6 Å². The Balaban J connectivity index is 1.86. The maximum Gasteiger partial charge on any atom is 0.319 e. The van der Waals surface area contributed by atoms with Crippen molar-refractivity contribution < 1.29 is 9.59 Å². The predicted octanol–water partition coefficient (Wildman–Crippen LogP) is 3.60. The molecular weight excluding hydrogens is 264 g/mol. The molecule has 2 aromatic rings. The fraction of sp³-hybridized carbons (Fsp3) is 0.176. The maximum absolute atomic E-state index is 11.8. The lowest BCUT2D eigenvalue weighted by Gasteiger charge is -2.08. The second kappa shape index (κ2) is 7.24. The highest BCUT2D eigenvalue weighted by atomic mass is 16.2. The lowest BCUT2D eigenvalue weighted by atomic mass is 10.1. The Morgan fingerprint density at radius 1 is 0.952 bits per heavy atom. The molecule has 2 aromatic carbocycles. The number of urea groups is 1. The molecule has 108 valence electrons. The molecule has 0 aliphatic rings. The first-order valence-electron chi connectivity index (χ1n) is 6.91. The van der Waals surface area contributed by atoms with Gasteiger partial charge in [0.15, 0.2) is 5.78 Å². The van der Waals surface area contributed by atoms with Crippen LogP contribution in [0.2, 0.25) is 0 Å². The number of carbonyl (C=O) groups excluding carboxylic acids is 2. The molecule has 0 atom stereocenters. The van der Waals surface area contributed by atoms with Crippen LogP contribution >= 0.6 is 0 Å². The van der Waals surface area contributed by atoms with Crippen LogP contribution in [-0.4, -0.2) is 11.8 Å². The number of ketones is 1. The van der Waals surface area contributed by atoms with Gasteiger partial charge in [0.2, 0.25) is 0 Å². The molecule has 0 radical (unpaired) electrons. The molecule has 2 rings (SSSR count). The zero-order valence-electron chi connectivity index (χ0n) is 11.9. The Hall–Kier alpha value is -2.62. The lowest BCUT2D eigenvalue weighted by Crippen LogP contribution is -2.28. The number of hydrogen-bond acceptors (Lipinski definition) is 2. The smallest absolute Gasteiger partial charge is 0.319 e. The molecule has 21 heavy (non-hydrogen) atoms. The minimum Gasteiger partial charge on any atom is -0.334 e. The Morgan fingerprint density at radius 3 is 2.24 bits per heavy atom. The summed E-state index contributed by atoms with van der Waals surface area (Å²) >= 11 is 0. The third-order valence-electron chi connectivity index (χ3n) is 3.08. The number of anilines is 1. The van der Waals surface area contributed by atoms with Gasteiger partial charge in [-0.3, -0.25) is 4.79 Å². The number of amides is 2. The quantitative estimate of drug-likeness (QED) is 0.823. The van der Waals surface area contributed by atoms with E-state index in [2.05, 4.69) is 10.6 Å². The molecule has 2 amide bonds. The second-order valence-electron chi connectivity index (χ2n) is 4.65. The summed E-state index contributed by atoms with van der Waals surface area (Å²) < 4.78 is 0. The third-order valence-corrected chi connectivity index (χ3v) is 3.08. The van der Waals surface area contributed by atoms with Gasteiger partial charge >= 0.3 is 6.03 Å². The highest BCUT2D eigenvalue weighted by molar-refractivity contribution is 5.96. The Kier molecular flexibility index (Phi) is 5.10. The second-order valence-corrected chi connectivity index (χ2v) is 4.65.